The highest BCUT2D eigenvalue weighted by atomic mass is 32.1. The summed E-state index contributed by atoms with van der Waals surface area (Å²) in [7, 11) is 3.12. The average Bonchev–Trinajstić information content (AvgIpc) is 3.12. The largest absolute Gasteiger partial charge is 0.493 e. The summed E-state index contributed by atoms with van der Waals surface area (Å²) in [4.78, 5) is 17.8. The normalized spacial score (nSPS) is 10.8. The van der Waals surface area contributed by atoms with Crippen LogP contribution in [0.5, 0.6) is 11.5 Å². The highest BCUT2D eigenvalue weighted by Gasteiger charge is 2.16. The first-order chi connectivity index (χ1) is 12.7. The molecule has 0 atom stereocenters. The first-order valence-corrected chi connectivity index (χ1v) is 8.79. The van der Waals surface area contributed by atoms with Gasteiger partial charge in [0.05, 0.1) is 14.2 Å². The quantitative estimate of drug-likeness (QED) is 0.529. The van der Waals surface area contributed by atoms with Crippen molar-refractivity contribution >= 4 is 21.6 Å². The molecule has 0 saturated heterocycles. The SMILES string of the molecule is COc1ccc(-c2nc3scc(-c4ccccc4)c3c(=O)o2)cc1OC. The molecule has 0 bridgehead atoms. The van der Waals surface area contributed by atoms with E-state index >= 15 is 0 Å². The molecule has 4 rings (SSSR count). The highest BCUT2D eigenvalue weighted by molar-refractivity contribution is 7.17. The number of thiophene rings is 1. The smallest absolute Gasteiger partial charge is 0.348 e. The lowest BCUT2D eigenvalue weighted by Crippen LogP contribution is -2.02. The molecule has 0 aliphatic heterocycles. The Labute approximate surface area is 153 Å². The number of fused-ring (bicyclic) bond motifs is 1. The zero-order valence-corrected chi connectivity index (χ0v) is 15.0. The molecule has 6 heteroatoms. The second-order valence-corrected chi connectivity index (χ2v) is 6.43. The van der Waals surface area contributed by atoms with Gasteiger partial charge in [-0.1, -0.05) is 30.3 Å². The van der Waals surface area contributed by atoms with Crippen LogP contribution in [-0.2, 0) is 0 Å². The standard InChI is InChI=1S/C20H15NO4S/c1-23-15-9-8-13(10-16(15)24-2)18-21-19-17(20(22)25-18)14(11-26-19)12-6-4-3-5-7-12/h3-11H,1-2H3. The van der Waals surface area contributed by atoms with Crippen LogP contribution in [-0.4, -0.2) is 19.2 Å². The number of benzene rings is 2. The number of nitrogens with zero attached hydrogens (tertiary/aromatic N) is 1. The molecule has 5 nitrogen and oxygen atoms in total. The van der Waals surface area contributed by atoms with Crippen LogP contribution in [0.2, 0.25) is 0 Å². The second-order valence-electron chi connectivity index (χ2n) is 5.57. The Morgan fingerprint density at radius 3 is 2.46 bits per heavy atom. The molecule has 2 aromatic carbocycles. The van der Waals surface area contributed by atoms with Crippen LogP contribution < -0.4 is 15.1 Å². The number of hydrogen-bond acceptors (Lipinski definition) is 6. The van der Waals surface area contributed by atoms with Crippen molar-refractivity contribution in [2.24, 2.45) is 0 Å². The molecule has 0 fully saturated rings. The van der Waals surface area contributed by atoms with Crippen molar-refractivity contribution in [1.29, 1.82) is 0 Å². The van der Waals surface area contributed by atoms with Crippen LogP contribution in [0.25, 0.3) is 32.8 Å². The molecule has 2 aromatic heterocycles. The van der Waals surface area contributed by atoms with E-state index in [-0.39, 0.29) is 5.89 Å². The monoisotopic (exact) mass is 365 g/mol. The molecule has 130 valence electrons. The van der Waals surface area contributed by atoms with Gasteiger partial charge < -0.3 is 13.9 Å². The van der Waals surface area contributed by atoms with Crippen LogP contribution >= 0.6 is 11.3 Å². The van der Waals surface area contributed by atoms with Crippen molar-refractivity contribution in [2.75, 3.05) is 14.2 Å². The summed E-state index contributed by atoms with van der Waals surface area (Å²) in [5.74, 6) is 1.40. The summed E-state index contributed by atoms with van der Waals surface area (Å²) in [5.41, 5.74) is 2.05. The van der Waals surface area contributed by atoms with Gasteiger partial charge in [-0.15, -0.1) is 11.3 Å². The lowest BCUT2D eigenvalue weighted by Gasteiger charge is -2.08. The van der Waals surface area contributed by atoms with Gasteiger partial charge >= 0.3 is 5.63 Å². The summed E-state index contributed by atoms with van der Waals surface area (Å²) in [6.45, 7) is 0. The van der Waals surface area contributed by atoms with E-state index in [4.69, 9.17) is 13.9 Å². The van der Waals surface area contributed by atoms with E-state index in [1.54, 1.807) is 32.4 Å². The molecule has 2 heterocycles. The molecular formula is C20H15NO4S. The Balaban J connectivity index is 1.86. The van der Waals surface area contributed by atoms with E-state index in [2.05, 4.69) is 4.98 Å². The Morgan fingerprint density at radius 1 is 0.962 bits per heavy atom. The molecular weight excluding hydrogens is 350 g/mol. The van der Waals surface area contributed by atoms with Crippen molar-refractivity contribution in [3.8, 4) is 34.1 Å². The van der Waals surface area contributed by atoms with Gasteiger partial charge in [-0.2, -0.15) is 0 Å². The number of hydrogen-bond donors (Lipinski definition) is 0. The van der Waals surface area contributed by atoms with Gasteiger partial charge in [0.25, 0.3) is 0 Å². The van der Waals surface area contributed by atoms with Gasteiger partial charge in [-0.05, 0) is 23.8 Å². The lowest BCUT2D eigenvalue weighted by atomic mass is 10.1. The van der Waals surface area contributed by atoms with Gasteiger partial charge in [0.2, 0.25) is 5.89 Å². The highest BCUT2D eigenvalue weighted by Crippen LogP contribution is 2.34. The zero-order valence-electron chi connectivity index (χ0n) is 14.2. The fourth-order valence-electron chi connectivity index (χ4n) is 2.80. The molecule has 0 saturated carbocycles. The van der Waals surface area contributed by atoms with E-state index in [0.717, 1.165) is 11.1 Å². The molecule has 0 aliphatic rings. The van der Waals surface area contributed by atoms with Crippen LogP contribution in [0.1, 0.15) is 0 Å². The summed E-state index contributed by atoms with van der Waals surface area (Å²) in [6.07, 6.45) is 0. The van der Waals surface area contributed by atoms with Gasteiger partial charge in [-0.3, -0.25) is 0 Å². The Bertz CT molecular complexity index is 1130. The van der Waals surface area contributed by atoms with Crippen LogP contribution in [0.4, 0.5) is 0 Å². The maximum atomic E-state index is 12.6. The molecule has 0 aliphatic carbocycles. The van der Waals surface area contributed by atoms with Crippen molar-refractivity contribution in [2.45, 2.75) is 0 Å². The molecule has 0 amide bonds. The third kappa shape index (κ3) is 2.74. The van der Waals surface area contributed by atoms with Gasteiger partial charge in [0.1, 0.15) is 10.2 Å². The number of methoxy groups -OCH3 is 2. The van der Waals surface area contributed by atoms with Crippen molar-refractivity contribution < 1.29 is 13.9 Å². The van der Waals surface area contributed by atoms with Crippen LogP contribution in [0.15, 0.2) is 63.1 Å². The summed E-state index contributed by atoms with van der Waals surface area (Å²) in [6, 6.07) is 15.0. The number of rotatable bonds is 4. The van der Waals surface area contributed by atoms with Crippen LogP contribution in [0, 0.1) is 0 Å². The maximum Gasteiger partial charge on any atom is 0.348 e. The van der Waals surface area contributed by atoms with Crippen molar-refractivity contribution in [3.63, 3.8) is 0 Å². The predicted molar refractivity (Wildman–Crippen MR) is 102 cm³/mol. The predicted octanol–water partition coefficient (Wildman–Crippen LogP) is 4.60. The minimum atomic E-state index is -0.403. The number of ether oxygens (including phenoxy) is 2. The van der Waals surface area contributed by atoms with Gasteiger partial charge in [0, 0.05) is 16.5 Å². The van der Waals surface area contributed by atoms with Crippen LogP contribution in [0.3, 0.4) is 0 Å². The zero-order chi connectivity index (χ0) is 18.1. The number of aromatic nitrogens is 1. The fraction of sp³-hybridized carbons (Fsp3) is 0.100. The molecule has 0 spiro atoms. The van der Waals surface area contributed by atoms with E-state index < -0.39 is 5.63 Å². The Morgan fingerprint density at radius 2 is 1.73 bits per heavy atom. The second kappa shape index (κ2) is 6.65. The molecule has 0 N–H and O–H groups in total. The van der Waals surface area contributed by atoms with Crippen molar-refractivity contribution in [1.82, 2.24) is 4.98 Å². The fourth-order valence-corrected chi connectivity index (χ4v) is 3.73. The molecule has 26 heavy (non-hydrogen) atoms. The van der Waals surface area contributed by atoms with E-state index in [0.29, 0.717) is 27.3 Å². The third-order valence-corrected chi connectivity index (χ3v) is 4.96. The van der Waals surface area contributed by atoms with Gasteiger partial charge in [-0.25, -0.2) is 9.78 Å². The maximum absolute atomic E-state index is 12.6. The molecule has 0 unspecified atom stereocenters. The first kappa shape index (κ1) is 16.4. The summed E-state index contributed by atoms with van der Waals surface area (Å²) >= 11 is 1.42. The van der Waals surface area contributed by atoms with E-state index in [1.165, 1.54) is 11.3 Å². The average molecular weight is 365 g/mol. The Hall–Kier alpha value is -3.12. The van der Waals surface area contributed by atoms with E-state index in [9.17, 15) is 4.79 Å². The topological polar surface area (TPSA) is 61.6 Å². The Kier molecular flexibility index (Phi) is 4.18. The summed E-state index contributed by atoms with van der Waals surface area (Å²) < 4.78 is 16.1. The first-order valence-electron chi connectivity index (χ1n) is 7.91. The van der Waals surface area contributed by atoms with E-state index in [1.807, 2.05) is 35.7 Å². The van der Waals surface area contributed by atoms with Gasteiger partial charge in [0.15, 0.2) is 11.5 Å². The van der Waals surface area contributed by atoms with Crippen molar-refractivity contribution in [3.05, 3.63) is 64.3 Å². The minimum Gasteiger partial charge on any atom is -0.493 e. The molecule has 4 aromatic rings. The summed E-state index contributed by atoms with van der Waals surface area (Å²) in [5, 5.41) is 2.44. The third-order valence-electron chi connectivity index (χ3n) is 4.08. The lowest BCUT2D eigenvalue weighted by molar-refractivity contribution is 0.355. The minimum absolute atomic E-state index is 0.255. The molecule has 0 radical (unpaired) electrons.